The van der Waals surface area contributed by atoms with E-state index in [1.807, 2.05) is 24.4 Å². The molecular formula is C18H21N5OS2. The number of aromatic nitrogens is 4. The monoisotopic (exact) mass is 387 g/mol. The van der Waals surface area contributed by atoms with E-state index >= 15 is 0 Å². The Morgan fingerprint density at radius 2 is 2.15 bits per heavy atom. The standard InChI is InChI=1S/C18H21N5OS2/c1-4-8-23-16(14-7-5-6-12(2)9-14)21-22-18(23)26-11-15(24)20-17-19-13(3)10-25-17/h5-7,9-10H,4,8,11H2,1-3H3,(H,19,20,24). The van der Waals surface area contributed by atoms with Gasteiger partial charge in [0, 0.05) is 17.5 Å². The van der Waals surface area contributed by atoms with E-state index in [9.17, 15) is 4.79 Å². The zero-order chi connectivity index (χ0) is 18.5. The molecule has 0 radical (unpaired) electrons. The van der Waals surface area contributed by atoms with Gasteiger partial charge in [-0.3, -0.25) is 4.79 Å². The van der Waals surface area contributed by atoms with E-state index < -0.39 is 0 Å². The fourth-order valence-corrected chi connectivity index (χ4v) is 3.98. The SMILES string of the molecule is CCCn1c(SCC(=O)Nc2nc(C)cs2)nnc1-c1cccc(C)c1. The first kappa shape index (κ1) is 18.6. The van der Waals surface area contributed by atoms with Gasteiger partial charge in [-0.15, -0.1) is 21.5 Å². The van der Waals surface area contributed by atoms with Gasteiger partial charge in [0.25, 0.3) is 0 Å². The number of anilines is 1. The molecule has 6 nitrogen and oxygen atoms in total. The zero-order valence-electron chi connectivity index (χ0n) is 15.0. The van der Waals surface area contributed by atoms with Crippen molar-refractivity contribution in [3.8, 4) is 11.4 Å². The minimum Gasteiger partial charge on any atom is -0.302 e. The fraction of sp³-hybridized carbons (Fsp3) is 0.333. The lowest BCUT2D eigenvalue weighted by molar-refractivity contribution is -0.113. The van der Waals surface area contributed by atoms with Crippen LogP contribution < -0.4 is 5.32 Å². The molecule has 0 saturated heterocycles. The number of thiazole rings is 1. The third kappa shape index (κ3) is 4.50. The number of aryl methyl sites for hydroxylation is 2. The molecular weight excluding hydrogens is 366 g/mol. The Kier molecular flexibility index (Phi) is 6.05. The van der Waals surface area contributed by atoms with Crippen LogP contribution in [-0.4, -0.2) is 31.4 Å². The summed E-state index contributed by atoms with van der Waals surface area (Å²) in [5.41, 5.74) is 3.13. The summed E-state index contributed by atoms with van der Waals surface area (Å²) in [6, 6.07) is 8.22. The molecule has 26 heavy (non-hydrogen) atoms. The van der Waals surface area contributed by atoms with Crippen LogP contribution in [0.4, 0.5) is 5.13 Å². The average Bonchev–Trinajstić information content (AvgIpc) is 3.20. The highest BCUT2D eigenvalue weighted by molar-refractivity contribution is 7.99. The van der Waals surface area contributed by atoms with E-state index in [2.05, 4.69) is 51.0 Å². The highest BCUT2D eigenvalue weighted by Crippen LogP contribution is 2.25. The van der Waals surface area contributed by atoms with Gasteiger partial charge in [-0.05, 0) is 26.3 Å². The summed E-state index contributed by atoms with van der Waals surface area (Å²) in [5, 5.41) is 14.8. The lowest BCUT2D eigenvalue weighted by Gasteiger charge is -2.09. The molecule has 0 aliphatic heterocycles. The quantitative estimate of drug-likeness (QED) is 0.616. The molecule has 0 fully saturated rings. The number of nitrogens with one attached hydrogen (secondary N) is 1. The van der Waals surface area contributed by atoms with Crippen molar-refractivity contribution in [1.29, 1.82) is 0 Å². The molecule has 2 heterocycles. The highest BCUT2D eigenvalue weighted by Gasteiger charge is 2.15. The normalized spacial score (nSPS) is 10.9. The Bertz CT molecular complexity index is 903. The molecule has 2 aromatic heterocycles. The largest absolute Gasteiger partial charge is 0.302 e. The molecule has 0 aliphatic carbocycles. The van der Waals surface area contributed by atoms with Gasteiger partial charge >= 0.3 is 0 Å². The molecule has 0 atom stereocenters. The van der Waals surface area contributed by atoms with E-state index in [0.29, 0.717) is 5.13 Å². The van der Waals surface area contributed by atoms with Crippen LogP contribution in [0.2, 0.25) is 0 Å². The van der Waals surface area contributed by atoms with E-state index in [1.54, 1.807) is 0 Å². The summed E-state index contributed by atoms with van der Waals surface area (Å²) in [4.78, 5) is 16.4. The van der Waals surface area contributed by atoms with Crippen LogP contribution in [0.3, 0.4) is 0 Å². The topological polar surface area (TPSA) is 72.7 Å². The van der Waals surface area contributed by atoms with Gasteiger partial charge < -0.3 is 9.88 Å². The van der Waals surface area contributed by atoms with E-state index in [-0.39, 0.29) is 11.7 Å². The minimum absolute atomic E-state index is 0.0903. The predicted octanol–water partition coefficient (Wildman–Crippen LogP) is 4.16. The van der Waals surface area contributed by atoms with Crippen LogP contribution in [0.5, 0.6) is 0 Å². The first-order valence-electron chi connectivity index (χ1n) is 8.42. The van der Waals surface area contributed by atoms with Gasteiger partial charge in [-0.25, -0.2) is 4.98 Å². The second-order valence-corrected chi connectivity index (χ2v) is 7.76. The number of carbonyl (C=O) groups excluding carboxylic acids is 1. The van der Waals surface area contributed by atoms with Crippen LogP contribution in [0.25, 0.3) is 11.4 Å². The van der Waals surface area contributed by atoms with E-state index in [1.165, 1.54) is 28.7 Å². The third-order valence-corrected chi connectivity index (χ3v) is 5.48. The van der Waals surface area contributed by atoms with Crippen LogP contribution in [-0.2, 0) is 11.3 Å². The summed E-state index contributed by atoms with van der Waals surface area (Å²) in [7, 11) is 0. The van der Waals surface area contributed by atoms with Crippen molar-refractivity contribution in [1.82, 2.24) is 19.7 Å². The van der Waals surface area contributed by atoms with Gasteiger partial charge in [0.15, 0.2) is 16.1 Å². The Hall–Kier alpha value is -2.19. The Morgan fingerprint density at radius 3 is 2.85 bits per heavy atom. The average molecular weight is 388 g/mol. The molecule has 3 aromatic rings. The van der Waals surface area contributed by atoms with Crippen LogP contribution >= 0.6 is 23.1 Å². The number of rotatable bonds is 7. The second kappa shape index (κ2) is 8.46. The van der Waals surface area contributed by atoms with Crippen molar-refractivity contribution in [3.63, 3.8) is 0 Å². The number of thioether (sulfide) groups is 1. The van der Waals surface area contributed by atoms with Crippen LogP contribution in [0.15, 0.2) is 34.8 Å². The summed E-state index contributed by atoms with van der Waals surface area (Å²) >= 11 is 2.82. The number of carbonyl (C=O) groups is 1. The molecule has 136 valence electrons. The Balaban J connectivity index is 1.72. The van der Waals surface area contributed by atoms with Gasteiger partial charge in [-0.2, -0.15) is 0 Å². The molecule has 0 bridgehead atoms. The molecule has 0 unspecified atom stereocenters. The summed E-state index contributed by atoms with van der Waals surface area (Å²) in [6.45, 7) is 6.89. The zero-order valence-corrected chi connectivity index (χ0v) is 16.7. The second-order valence-electron chi connectivity index (χ2n) is 5.96. The number of nitrogens with zero attached hydrogens (tertiary/aromatic N) is 4. The fourth-order valence-electron chi connectivity index (χ4n) is 2.52. The van der Waals surface area contributed by atoms with Crippen molar-refractivity contribution in [2.75, 3.05) is 11.1 Å². The first-order chi connectivity index (χ1) is 12.6. The number of amides is 1. The van der Waals surface area contributed by atoms with Gasteiger partial charge in [0.05, 0.1) is 11.4 Å². The van der Waals surface area contributed by atoms with Crippen molar-refractivity contribution in [2.45, 2.75) is 38.9 Å². The third-order valence-electron chi connectivity index (χ3n) is 3.64. The molecule has 0 spiro atoms. The maximum absolute atomic E-state index is 12.2. The van der Waals surface area contributed by atoms with E-state index in [4.69, 9.17) is 0 Å². The summed E-state index contributed by atoms with van der Waals surface area (Å²) in [6.07, 6.45) is 0.967. The minimum atomic E-state index is -0.0903. The number of hydrogen-bond acceptors (Lipinski definition) is 6. The molecule has 0 aliphatic rings. The molecule has 3 rings (SSSR count). The Morgan fingerprint density at radius 1 is 1.31 bits per heavy atom. The van der Waals surface area contributed by atoms with Crippen molar-refractivity contribution < 1.29 is 4.79 Å². The molecule has 1 amide bonds. The molecule has 8 heteroatoms. The molecule has 1 aromatic carbocycles. The van der Waals surface area contributed by atoms with Crippen LogP contribution in [0.1, 0.15) is 24.6 Å². The molecule has 0 saturated carbocycles. The van der Waals surface area contributed by atoms with E-state index in [0.717, 1.165) is 35.2 Å². The van der Waals surface area contributed by atoms with Crippen LogP contribution in [0, 0.1) is 13.8 Å². The maximum atomic E-state index is 12.2. The Labute approximate surface area is 161 Å². The van der Waals surface area contributed by atoms with Gasteiger partial charge in [0.2, 0.25) is 5.91 Å². The number of hydrogen-bond donors (Lipinski definition) is 1. The van der Waals surface area contributed by atoms with Crippen molar-refractivity contribution >= 4 is 34.1 Å². The van der Waals surface area contributed by atoms with Crippen molar-refractivity contribution in [3.05, 3.63) is 40.9 Å². The summed E-state index contributed by atoms with van der Waals surface area (Å²) in [5.74, 6) is 1.02. The van der Waals surface area contributed by atoms with Gasteiger partial charge in [0.1, 0.15) is 0 Å². The number of benzene rings is 1. The predicted molar refractivity (Wildman–Crippen MR) is 107 cm³/mol. The summed E-state index contributed by atoms with van der Waals surface area (Å²) < 4.78 is 2.08. The highest BCUT2D eigenvalue weighted by atomic mass is 32.2. The maximum Gasteiger partial charge on any atom is 0.236 e. The lowest BCUT2D eigenvalue weighted by Crippen LogP contribution is -2.14. The van der Waals surface area contributed by atoms with Gasteiger partial charge in [-0.1, -0.05) is 42.4 Å². The first-order valence-corrected chi connectivity index (χ1v) is 10.3. The van der Waals surface area contributed by atoms with Crippen molar-refractivity contribution in [2.24, 2.45) is 0 Å². The smallest absolute Gasteiger partial charge is 0.236 e. The molecule has 1 N–H and O–H groups in total. The lowest BCUT2D eigenvalue weighted by atomic mass is 10.1.